The van der Waals surface area contributed by atoms with E-state index < -0.39 is 0 Å². The van der Waals surface area contributed by atoms with E-state index in [9.17, 15) is 10.2 Å². The second kappa shape index (κ2) is 4.81. The largest absolute Gasteiger partial charge is 0.504 e. The van der Waals surface area contributed by atoms with Crippen molar-refractivity contribution in [2.45, 2.75) is 51.4 Å². The summed E-state index contributed by atoms with van der Waals surface area (Å²) in [5.41, 5.74) is 8.43. The van der Waals surface area contributed by atoms with E-state index in [1.807, 2.05) is 19.9 Å². The Morgan fingerprint density at radius 3 is 2.28 bits per heavy atom. The van der Waals surface area contributed by atoms with Gasteiger partial charge in [0.15, 0.2) is 11.5 Å². The lowest BCUT2D eigenvalue weighted by Crippen LogP contribution is -2.37. The van der Waals surface area contributed by atoms with Crippen molar-refractivity contribution < 1.29 is 10.2 Å². The summed E-state index contributed by atoms with van der Waals surface area (Å²) < 4.78 is 0. The zero-order valence-corrected chi connectivity index (χ0v) is 11.3. The fourth-order valence-corrected chi connectivity index (χ4v) is 3.10. The van der Waals surface area contributed by atoms with Gasteiger partial charge in [-0.25, -0.2) is 0 Å². The first-order valence-electron chi connectivity index (χ1n) is 6.74. The fraction of sp³-hybridized carbons (Fsp3) is 0.600. The highest BCUT2D eigenvalue weighted by molar-refractivity contribution is 5.55. The maximum absolute atomic E-state index is 10.2. The van der Waals surface area contributed by atoms with E-state index in [0.717, 1.165) is 42.4 Å². The van der Waals surface area contributed by atoms with Gasteiger partial charge in [-0.15, -0.1) is 0 Å². The van der Waals surface area contributed by atoms with Crippen LogP contribution in [0, 0.1) is 13.8 Å². The lowest BCUT2D eigenvalue weighted by atomic mass is 9.68. The number of phenolic OH excluding ortho intramolecular Hbond substituents is 2. The van der Waals surface area contributed by atoms with Gasteiger partial charge in [0, 0.05) is 17.5 Å². The SMILES string of the molecule is Cc1cc(C2(CN)CCCCC2)c(O)c(O)c1C. The van der Waals surface area contributed by atoms with Gasteiger partial charge in [0.2, 0.25) is 0 Å². The number of aryl methyl sites for hydroxylation is 1. The van der Waals surface area contributed by atoms with Crippen molar-refractivity contribution in [3.05, 3.63) is 22.8 Å². The summed E-state index contributed by atoms with van der Waals surface area (Å²) in [6.07, 6.45) is 5.52. The Labute approximate surface area is 109 Å². The van der Waals surface area contributed by atoms with E-state index in [1.54, 1.807) is 0 Å². The molecule has 1 aliphatic carbocycles. The zero-order chi connectivity index (χ0) is 13.3. The van der Waals surface area contributed by atoms with Gasteiger partial charge in [-0.05, 0) is 37.8 Å². The van der Waals surface area contributed by atoms with E-state index >= 15 is 0 Å². The Hall–Kier alpha value is -1.22. The van der Waals surface area contributed by atoms with Gasteiger partial charge in [0.1, 0.15) is 0 Å². The van der Waals surface area contributed by atoms with Crippen LogP contribution in [0.1, 0.15) is 48.8 Å². The normalized spacial score (nSPS) is 18.8. The summed E-state index contributed by atoms with van der Waals surface area (Å²) in [7, 11) is 0. The molecule has 4 N–H and O–H groups in total. The first-order chi connectivity index (χ1) is 8.52. The minimum atomic E-state index is -0.154. The minimum absolute atomic E-state index is 0.0170. The summed E-state index contributed by atoms with van der Waals surface area (Å²) in [5, 5.41) is 20.3. The van der Waals surface area contributed by atoms with Crippen LogP contribution in [0.5, 0.6) is 11.5 Å². The van der Waals surface area contributed by atoms with Gasteiger partial charge in [-0.3, -0.25) is 0 Å². The van der Waals surface area contributed by atoms with Crippen LogP contribution >= 0.6 is 0 Å². The molecule has 1 aliphatic rings. The molecular formula is C15H23NO2. The molecule has 0 saturated heterocycles. The molecule has 1 aromatic rings. The quantitative estimate of drug-likeness (QED) is 0.706. The van der Waals surface area contributed by atoms with E-state index in [1.165, 1.54) is 6.42 Å². The molecule has 0 aromatic heterocycles. The molecule has 18 heavy (non-hydrogen) atoms. The number of nitrogens with two attached hydrogens (primary N) is 1. The van der Waals surface area contributed by atoms with Crippen molar-refractivity contribution in [1.29, 1.82) is 0 Å². The number of hydrogen-bond acceptors (Lipinski definition) is 3. The summed E-state index contributed by atoms with van der Waals surface area (Å²) in [5.74, 6) is 0.0499. The Kier molecular flexibility index (Phi) is 3.53. The van der Waals surface area contributed by atoms with Gasteiger partial charge < -0.3 is 15.9 Å². The average molecular weight is 249 g/mol. The van der Waals surface area contributed by atoms with Crippen LogP contribution in [0.25, 0.3) is 0 Å². The molecule has 0 radical (unpaired) electrons. The lowest BCUT2D eigenvalue weighted by Gasteiger charge is -2.37. The highest BCUT2D eigenvalue weighted by atomic mass is 16.3. The van der Waals surface area contributed by atoms with Crippen LogP contribution in [-0.2, 0) is 5.41 Å². The Morgan fingerprint density at radius 1 is 1.11 bits per heavy atom. The molecule has 3 heteroatoms. The van der Waals surface area contributed by atoms with E-state index in [2.05, 4.69) is 0 Å². The van der Waals surface area contributed by atoms with Crippen LogP contribution in [0.3, 0.4) is 0 Å². The van der Waals surface area contributed by atoms with Crippen molar-refractivity contribution in [3.8, 4) is 11.5 Å². The second-order valence-corrected chi connectivity index (χ2v) is 5.61. The van der Waals surface area contributed by atoms with Gasteiger partial charge in [0.25, 0.3) is 0 Å². The first kappa shape index (κ1) is 13.2. The Bertz CT molecular complexity index is 448. The standard InChI is InChI=1S/C15H23NO2/c1-10-8-12(14(18)13(17)11(10)2)15(9-16)6-4-3-5-7-15/h8,17-18H,3-7,9,16H2,1-2H3. The minimum Gasteiger partial charge on any atom is -0.504 e. The molecule has 0 atom stereocenters. The predicted molar refractivity (Wildman–Crippen MR) is 73.1 cm³/mol. The topological polar surface area (TPSA) is 66.5 Å². The fourth-order valence-electron chi connectivity index (χ4n) is 3.10. The molecule has 3 nitrogen and oxygen atoms in total. The molecule has 0 heterocycles. The van der Waals surface area contributed by atoms with Crippen LogP contribution in [0.2, 0.25) is 0 Å². The molecule has 0 bridgehead atoms. The Balaban J connectivity index is 2.55. The molecule has 1 saturated carbocycles. The van der Waals surface area contributed by atoms with Gasteiger partial charge >= 0.3 is 0 Å². The van der Waals surface area contributed by atoms with Gasteiger partial charge in [-0.2, -0.15) is 0 Å². The summed E-state index contributed by atoms with van der Waals surface area (Å²) in [4.78, 5) is 0. The third-order valence-electron chi connectivity index (χ3n) is 4.56. The average Bonchev–Trinajstić information content (AvgIpc) is 2.41. The van der Waals surface area contributed by atoms with Gasteiger partial charge in [-0.1, -0.05) is 25.3 Å². The smallest absolute Gasteiger partial charge is 0.161 e. The van der Waals surface area contributed by atoms with Crippen molar-refractivity contribution in [2.75, 3.05) is 6.54 Å². The zero-order valence-electron chi connectivity index (χ0n) is 11.3. The van der Waals surface area contributed by atoms with E-state index in [-0.39, 0.29) is 16.9 Å². The highest BCUT2D eigenvalue weighted by Gasteiger charge is 2.36. The lowest BCUT2D eigenvalue weighted by molar-refractivity contribution is 0.286. The molecule has 0 amide bonds. The summed E-state index contributed by atoms with van der Waals surface area (Å²) in [6, 6.07) is 2.00. The maximum Gasteiger partial charge on any atom is 0.161 e. The van der Waals surface area contributed by atoms with Crippen molar-refractivity contribution in [1.82, 2.24) is 0 Å². The monoisotopic (exact) mass is 249 g/mol. The van der Waals surface area contributed by atoms with Crippen LogP contribution in [0.4, 0.5) is 0 Å². The number of phenols is 2. The summed E-state index contributed by atoms with van der Waals surface area (Å²) >= 11 is 0. The molecular weight excluding hydrogens is 226 g/mol. The number of aromatic hydroxyl groups is 2. The third kappa shape index (κ3) is 1.97. The van der Waals surface area contributed by atoms with Crippen LogP contribution in [0.15, 0.2) is 6.07 Å². The maximum atomic E-state index is 10.2. The number of benzene rings is 1. The third-order valence-corrected chi connectivity index (χ3v) is 4.56. The van der Waals surface area contributed by atoms with Crippen LogP contribution < -0.4 is 5.73 Å². The van der Waals surface area contributed by atoms with Crippen molar-refractivity contribution in [3.63, 3.8) is 0 Å². The number of hydrogen-bond donors (Lipinski definition) is 3. The predicted octanol–water partition coefficient (Wildman–Crippen LogP) is 2.88. The number of rotatable bonds is 2. The molecule has 0 spiro atoms. The van der Waals surface area contributed by atoms with E-state index in [4.69, 9.17) is 5.73 Å². The Morgan fingerprint density at radius 2 is 1.72 bits per heavy atom. The second-order valence-electron chi connectivity index (χ2n) is 5.61. The summed E-state index contributed by atoms with van der Waals surface area (Å²) in [6.45, 7) is 4.32. The molecule has 2 rings (SSSR count). The van der Waals surface area contributed by atoms with Crippen molar-refractivity contribution in [2.24, 2.45) is 5.73 Å². The molecule has 100 valence electrons. The molecule has 0 unspecified atom stereocenters. The first-order valence-corrected chi connectivity index (χ1v) is 6.74. The highest BCUT2D eigenvalue weighted by Crippen LogP contribution is 2.46. The molecule has 1 fully saturated rings. The van der Waals surface area contributed by atoms with Crippen LogP contribution in [-0.4, -0.2) is 16.8 Å². The van der Waals surface area contributed by atoms with Crippen molar-refractivity contribution >= 4 is 0 Å². The molecule has 1 aromatic carbocycles. The van der Waals surface area contributed by atoms with E-state index in [0.29, 0.717) is 6.54 Å². The molecule has 0 aliphatic heterocycles. The van der Waals surface area contributed by atoms with Gasteiger partial charge in [0.05, 0.1) is 0 Å².